The molecule has 184 valence electrons. The summed E-state index contributed by atoms with van der Waals surface area (Å²) in [5, 5.41) is 0.654. The Labute approximate surface area is 194 Å². The van der Waals surface area contributed by atoms with Crippen LogP contribution in [0.2, 0.25) is 0 Å². The summed E-state index contributed by atoms with van der Waals surface area (Å²) in [7, 11) is 0. The average molecular weight is 483 g/mol. The summed E-state index contributed by atoms with van der Waals surface area (Å²) >= 11 is 0. The van der Waals surface area contributed by atoms with E-state index < -0.39 is 23.5 Å². The van der Waals surface area contributed by atoms with Gasteiger partial charge in [-0.3, -0.25) is 0 Å². The number of unbranched alkanes of at least 4 members (excludes halogenated alkanes) is 5. The third-order valence-electron chi connectivity index (χ3n) is 5.94. The van der Waals surface area contributed by atoms with Crippen molar-refractivity contribution in [3.8, 4) is 11.1 Å². The highest BCUT2D eigenvalue weighted by atomic mass is 19.4. The second-order valence-corrected chi connectivity index (χ2v) is 8.51. The van der Waals surface area contributed by atoms with Crippen LogP contribution in [0.15, 0.2) is 42.6 Å². The van der Waals surface area contributed by atoms with Gasteiger partial charge in [0.1, 0.15) is 6.29 Å². The van der Waals surface area contributed by atoms with Gasteiger partial charge < -0.3 is 9.36 Å². The molecule has 0 bridgehead atoms. The van der Waals surface area contributed by atoms with E-state index in [4.69, 9.17) is 0 Å². The van der Waals surface area contributed by atoms with Crippen LogP contribution in [-0.2, 0) is 30.1 Å². The molecule has 0 spiro atoms. The molecule has 3 rings (SSSR count). The summed E-state index contributed by atoms with van der Waals surface area (Å²) < 4.78 is 81.7. The number of carbonyl (C=O) groups excluding carboxylic acids is 1. The SMILES string of the molecule is CCCCCCCCn1cc(CC=O)c2cc(-c3cc(C(F)(F)F)cc(C(F)(F)F)c3)ccc21. The van der Waals surface area contributed by atoms with Crippen molar-refractivity contribution in [2.75, 3.05) is 0 Å². The lowest BCUT2D eigenvalue weighted by molar-refractivity contribution is -0.143. The van der Waals surface area contributed by atoms with Crippen LogP contribution in [0, 0.1) is 0 Å². The molecule has 0 radical (unpaired) electrons. The molecular weight excluding hydrogens is 456 g/mol. The predicted octanol–water partition coefficient (Wildman–Crippen LogP) is 8.45. The fourth-order valence-corrected chi connectivity index (χ4v) is 4.17. The minimum absolute atomic E-state index is 0.111. The van der Waals surface area contributed by atoms with E-state index in [0.29, 0.717) is 10.9 Å². The molecule has 1 aromatic heterocycles. The number of hydrogen-bond acceptors (Lipinski definition) is 1. The van der Waals surface area contributed by atoms with E-state index in [0.717, 1.165) is 56.2 Å². The minimum atomic E-state index is -4.91. The van der Waals surface area contributed by atoms with Crippen LogP contribution < -0.4 is 0 Å². The molecule has 1 heterocycles. The maximum absolute atomic E-state index is 13.3. The molecule has 2 aromatic carbocycles. The maximum atomic E-state index is 13.3. The van der Waals surface area contributed by atoms with Crippen LogP contribution >= 0.6 is 0 Å². The van der Waals surface area contributed by atoms with Gasteiger partial charge in [-0.1, -0.05) is 45.1 Å². The van der Waals surface area contributed by atoms with Crippen molar-refractivity contribution in [3.63, 3.8) is 0 Å². The van der Waals surface area contributed by atoms with Gasteiger partial charge in [0.25, 0.3) is 0 Å². The van der Waals surface area contributed by atoms with Crippen molar-refractivity contribution < 1.29 is 31.1 Å². The summed E-state index contributed by atoms with van der Waals surface area (Å²) in [5.74, 6) is 0. The molecule has 0 unspecified atom stereocenters. The number of rotatable bonds is 10. The quantitative estimate of drug-likeness (QED) is 0.161. The van der Waals surface area contributed by atoms with Crippen LogP contribution in [0.25, 0.3) is 22.0 Å². The predicted molar refractivity (Wildman–Crippen MR) is 121 cm³/mol. The molecule has 8 heteroatoms. The van der Waals surface area contributed by atoms with Crippen LogP contribution in [0.4, 0.5) is 26.3 Å². The molecule has 34 heavy (non-hydrogen) atoms. The van der Waals surface area contributed by atoms with Crippen molar-refractivity contribution in [3.05, 3.63) is 59.3 Å². The Balaban J connectivity index is 1.98. The van der Waals surface area contributed by atoms with E-state index in [2.05, 4.69) is 6.92 Å². The molecule has 0 aliphatic carbocycles. The van der Waals surface area contributed by atoms with E-state index in [1.165, 1.54) is 18.9 Å². The fraction of sp³-hybridized carbons (Fsp3) is 0.423. The first-order chi connectivity index (χ1) is 16.0. The van der Waals surface area contributed by atoms with Crippen molar-refractivity contribution >= 4 is 17.2 Å². The van der Waals surface area contributed by atoms with Crippen LogP contribution in [-0.4, -0.2) is 10.9 Å². The molecule has 0 saturated heterocycles. The molecule has 0 aliphatic heterocycles. The highest BCUT2D eigenvalue weighted by molar-refractivity contribution is 5.90. The van der Waals surface area contributed by atoms with Gasteiger partial charge in [-0.2, -0.15) is 26.3 Å². The normalized spacial score (nSPS) is 12.4. The second-order valence-electron chi connectivity index (χ2n) is 8.51. The van der Waals surface area contributed by atoms with E-state index in [-0.39, 0.29) is 23.6 Å². The first-order valence-corrected chi connectivity index (χ1v) is 11.4. The topological polar surface area (TPSA) is 22.0 Å². The summed E-state index contributed by atoms with van der Waals surface area (Å²) in [6.07, 6.45) is -0.448. The van der Waals surface area contributed by atoms with Gasteiger partial charge in [0.05, 0.1) is 11.1 Å². The first-order valence-electron chi connectivity index (χ1n) is 11.4. The number of aromatic nitrogens is 1. The van der Waals surface area contributed by atoms with Gasteiger partial charge >= 0.3 is 12.4 Å². The number of aryl methyl sites for hydroxylation is 1. The largest absolute Gasteiger partial charge is 0.416 e. The van der Waals surface area contributed by atoms with E-state index >= 15 is 0 Å². The Kier molecular flexibility index (Phi) is 8.10. The molecule has 2 nitrogen and oxygen atoms in total. The Bertz CT molecular complexity index is 1090. The van der Waals surface area contributed by atoms with Gasteiger partial charge in [-0.25, -0.2) is 0 Å². The third kappa shape index (κ3) is 6.21. The Morgan fingerprint density at radius 3 is 2.00 bits per heavy atom. The molecule has 0 fully saturated rings. The molecule has 0 atom stereocenters. The Morgan fingerprint density at radius 2 is 1.41 bits per heavy atom. The maximum Gasteiger partial charge on any atom is 0.416 e. The molecule has 0 N–H and O–H groups in total. The highest BCUT2D eigenvalue weighted by Crippen LogP contribution is 2.39. The summed E-state index contributed by atoms with van der Waals surface area (Å²) in [6, 6.07) is 6.37. The van der Waals surface area contributed by atoms with Gasteiger partial charge in [-0.15, -0.1) is 0 Å². The number of hydrogen-bond donors (Lipinski definition) is 0. The van der Waals surface area contributed by atoms with Crippen LogP contribution in [0.3, 0.4) is 0 Å². The lowest BCUT2D eigenvalue weighted by Crippen LogP contribution is -2.11. The lowest BCUT2D eigenvalue weighted by atomic mass is 9.97. The van der Waals surface area contributed by atoms with E-state index in [9.17, 15) is 31.1 Å². The van der Waals surface area contributed by atoms with Crippen LogP contribution in [0.5, 0.6) is 0 Å². The number of fused-ring (bicyclic) bond motifs is 1. The number of carbonyl (C=O) groups is 1. The smallest absolute Gasteiger partial charge is 0.347 e. The monoisotopic (exact) mass is 483 g/mol. The number of alkyl halides is 6. The van der Waals surface area contributed by atoms with E-state index in [1.54, 1.807) is 12.1 Å². The van der Waals surface area contributed by atoms with Crippen molar-refractivity contribution in [2.24, 2.45) is 0 Å². The number of benzene rings is 2. The van der Waals surface area contributed by atoms with Crippen molar-refractivity contribution in [1.82, 2.24) is 4.57 Å². The first kappa shape index (κ1) is 25.8. The zero-order valence-electron chi connectivity index (χ0n) is 18.9. The molecular formula is C26H27F6NO. The van der Waals surface area contributed by atoms with Crippen LogP contribution in [0.1, 0.15) is 62.1 Å². The summed E-state index contributed by atoms with van der Waals surface area (Å²) in [6.45, 7) is 2.88. The molecule has 0 aliphatic rings. The highest BCUT2D eigenvalue weighted by Gasteiger charge is 2.37. The molecule has 0 saturated carbocycles. The van der Waals surface area contributed by atoms with Crippen molar-refractivity contribution in [2.45, 2.75) is 70.8 Å². The standard InChI is InChI=1S/C26H27F6NO/c1-2-3-4-5-6-7-11-33-17-19(10-12-34)23-15-18(8-9-24(23)33)20-13-21(25(27,28)29)16-22(14-20)26(30,31)32/h8-9,12-17H,2-7,10-11H2,1H3. The Hall–Kier alpha value is -2.77. The zero-order valence-corrected chi connectivity index (χ0v) is 18.9. The summed E-state index contributed by atoms with van der Waals surface area (Å²) in [5.41, 5.74) is -1.16. The zero-order chi connectivity index (χ0) is 24.9. The van der Waals surface area contributed by atoms with Gasteiger partial charge in [0.15, 0.2) is 0 Å². The average Bonchev–Trinajstić information content (AvgIpc) is 3.11. The fourth-order valence-electron chi connectivity index (χ4n) is 4.17. The minimum Gasteiger partial charge on any atom is -0.347 e. The van der Waals surface area contributed by atoms with Crippen molar-refractivity contribution in [1.29, 1.82) is 0 Å². The molecule has 0 amide bonds. The Morgan fingerprint density at radius 1 is 0.794 bits per heavy atom. The lowest BCUT2D eigenvalue weighted by Gasteiger charge is -2.14. The summed E-state index contributed by atoms with van der Waals surface area (Å²) in [4.78, 5) is 11.2. The third-order valence-corrected chi connectivity index (χ3v) is 5.94. The molecule has 3 aromatic rings. The second kappa shape index (κ2) is 10.7. The van der Waals surface area contributed by atoms with Gasteiger partial charge in [0, 0.05) is 30.1 Å². The number of nitrogens with zero attached hydrogens (tertiary/aromatic N) is 1. The number of halogens is 6. The van der Waals surface area contributed by atoms with E-state index in [1.807, 2.05) is 10.8 Å². The van der Waals surface area contributed by atoms with Gasteiger partial charge in [-0.05, 0) is 53.4 Å². The number of aldehydes is 1. The van der Waals surface area contributed by atoms with Gasteiger partial charge in [0.2, 0.25) is 0 Å².